The van der Waals surface area contributed by atoms with Crippen LogP contribution >= 0.6 is 0 Å². The minimum absolute atomic E-state index is 0.0635. The first-order valence-corrected chi connectivity index (χ1v) is 9.37. The Hall–Kier alpha value is -2.63. The van der Waals surface area contributed by atoms with Gasteiger partial charge in [0.05, 0.1) is 6.33 Å². The topological polar surface area (TPSA) is 76.0 Å². The molecule has 6 nitrogen and oxygen atoms in total. The van der Waals surface area contributed by atoms with E-state index in [9.17, 15) is 9.59 Å². The van der Waals surface area contributed by atoms with E-state index < -0.39 is 0 Å². The number of anilines is 1. The van der Waals surface area contributed by atoms with Crippen LogP contribution in [0.2, 0.25) is 0 Å². The second-order valence-electron chi connectivity index (χ2n) is 6.84. The van der Waals surface area contributed by atoms with Gasteiger partial charge in [-0.15, -0.1) is 0 Å². The van der Waals surface area contributed by atoms with Crippen LogP contribution in [0.1, 0.15) is 55.3 Å². The molecule has 2 N–H and O–H groups in total. The molecular formula is C20H26N4O2. The molecule has 138 valence electrons. The molecule has 0 saturated heterocycles. The number of aromatic nitrogens is 2. The van der Waals surface area contributed by atoms with E-state index in [1.54, 1.807) is 36.8 Å². The Morgan fingerprint density at radius 2 is 1.96 bits per heavy atom. The lowest BCUT2D eigenvalue weighted by Crippen LogP contribution is -2.34. The fourth-order valence-corrected chi connectivity index (χ4v) is 3.30. The van der Waals surface area contributed by atoms with Crippen molar-refractivity contribution in [1.29, 1.82) is 0 Å². The highest BCUT2D eigenvalue weighted by atomic mass is 16.2. The summed E-state index contributed by atoms with van der Waals surface area (Å²) in [6.07, 6.45) is 12.5. The fourth-order valence-electron chi connectivity index (χ4n) is 3.30. The summed E-state index contributed by atoms with van der Waals surface area (Å²) in [6, 6.07) is 7.39. The first kappa shape index (κ1) is 18.2. The van der Waals surface area contributed by atoms with Crippen molar-refractivity contribution in [3.8, 4) is 0 Å². The number of amides is 2. The van der Waals surface area contributed by atoms with Crippen LogP contribution in [0.3, 0.4) is 0 Å². The van der Waals surface area contributed by atoms with Crippen LogP contribution in [-0.4, -0.2) is 27.4 Å². The lowest BCUT2D eigenvalue weighted by Gasteiger charge is -2.16. The van der Waals surface area contributed by atoms with E-state index >= 15 is 0 Å². The van der Waals surface area contributed by atoms with Crippen molar-refractivity contribution in [3.63, 3.8) is 0 Å². The minimum Gasteiger partial charge on any atom is -0.349 e. The fraction of sp³-hybridized carbons (Fsp3) is 0.450. The van der Waals surface area contributed by atoms with E-state index in [1.807, 2.05) is 10.8 Å². The lowest BCUT2D eigenvalue weighted by atomic mass is 10.1. The number of carbonyl (C=O) groups excluding carboxylic acids is 2. The first-order valence-electron chi connectivity index (χ1n) is 9.37. The predicted octanol–water partition coefficient (Wildman–Crippen LogP) is 3.36. The van der Waals surface area contributed by atoms with Gasteiger partial charge in [0.1, 0.15) is 0 Å². The van der Waals surface area contributed by atoms with Gasteiger partial charge in [-0.3, -0.25) is 9.59 Å². The quantitative estimate of drug-likeness (QED) is 0.781. The van der Waals surface area contributed by atoms with Gasteiger partial charge in [0.25, 0.3) is 5.91 Å². The number of imidazole rings is 1. The minimum atomic E-state index is -0.0833. The van der Waals surface area contributed by atoms with E-state index in [2.05, 4.69) is 15.6 Å². The van der Waals surface area contributed by atoms with Gasteiger partial charge in [-0.1, -0.05) is 31.7 Å². The maximum Gasteiger partial charge on any atom is 0.251 e. The summed E-state index contributed by atoms with van der Waals surface area (Å²) in [5.74, 6) is -0.147. The Balaban J connectivity index is 1.53. The molecule has 1 aromatic heterocycles. The molecule has 1 saturated carbocycles. The molecule has 2 amide bonds. The summed E-state index contributed by atoms with van der Waals surface area (Å²) >= 11 is 0. The third-order valence-corrected chi connectivity index (χ3v) is 4.76. The average molecular weight is 354 g/mol. The molecule has 26 heavy (non-hydrogen) atoms. The van der Waals surface area contributed by atoms with Crippen LogP contribution in [0.15, 0.2) is 43.0 Å². The van der Waals surface area contributed by atoms with E-state index in [0.717, 1.165) is 12.8 Å². The van der Waals surface area contributed by atoms with Gasteiger partial charge in [-0.2, -0.15) is 0 Å². The molecule has 3 rings (SSSR count). The Labute approximate surface area is 154 Å². The third-order valence-electron chi connectivity index (χ3n) is 4.76. The Bertz CT molecular complexity index is 719. The van der Waals surface area contributed by atoms with E-state index in [4.69, 9.17) is 0 Å². The molecule has 1 fully saturated rings. The Morgan fingerprint density at radius 1 is 1.15 bits per heavy atom. The zero-order valence-corrected chi connectivity index (χ0v) is 15.0. The summed E-state index contributed by atoms with van der Waals surface area (Å²) in [4.78, 5) is 28.6. The molecule has 6 heteroatoms. The summed E-state index contributed by atoms with van der Waals surface area (Å²) in [5, 5.41) is 6.00. The summed E-state index contributed by atoms with van der Waals surface area (Å²) in [7, 11) is 0. The highest BCUT2D eigenvalue weighted by Gasteiger charge is 2.16. The number of nitrogens with zero attached hydrogens (tertiary/aromatic N) is 2. The van der Waals surface area contributed by atoms with Crippen molar-refractivity contribution in [2.75, 3.05) is 5.32 Å². The molecule has 1 aromatic carbocycles. The molecule has 0 radical (unpaired) electrons. The van der Waals surface area contributed by atoms with Crippen LogP contribution in [0.25, 0.3) is 0 Å². The highest BCUT2D eigenvalue weighted by Crippen LogP contribution is 2.18. The van der Waals surface area contributed by atoms with Crippen molar-refractivity contribution < 1.29 is 9.59 Å². The van der Waals surface area contributed by atoms with Gasteiger partial charge in [0.15, 0.2) is 0 Å². The molecular weight excluding hydrogens is 328 g/mol. The number of hydrogen-bond acceptors (Lipinski definition) is 3. The van der Waals surface area contributed by atoms with Gasteiger partial charge in [0, 0.05) is 42.7 Å². The van der Waals surface area contributed by atoms with Gasteiger partial charge in [0.2, 0.25) is 5.91 Å². The van der Waals surface area contributed by atoms with Gasteiger partial charge < -0.3 is 15.2 Å². The number of carbonyl (C=O) groups is 2. The number of rotatable bonds is 6. The summed E-state index contributed by atoms with van der Waals surface area (Å²) < 4.78 is 1.86. The van der Waals surface area contributed by atoms with Crippen molar-refractivity contribution in [2.24, 2.45) is 0 Å². The van der Waals surface area contributed by atoms with Crippen molar-refractivity contribution in [3.05, 3.63) is 48.5 Å². The summed E-state index contributed by atoms with van der Waals surface area (Å²) in [6.45, 7) is 0.577. The van der Waals surface area contributed by atoms with Crippen LogP contribution in [0.4, 0.5) is 5.69 Å². The normalized spacial score (nSPS) is 15.2. The predicted molar refractivity (Wildman–Crippen MR) is 101 cm³/mol. The smallest absolute Gasteiger partial charge is 0.251 e. The highest BCUT2D eigenvalue weighted by molar-refractivity contribution is 5.97. The monoisotopic (exact) mass is 354 g/mol. The van der Waals surface area contributed by atoms with Gasteiger partial charge in [-0.25, -0.2) is 4.98 Å². The maximum absolute atomic E-state index is 12.5. The molecule has 0 spiro atoms. The standard InChI is InChI=1S/C20H26N4O2/c25-19(10-12-24-13-11-21-15-24)22-18-9-5-6-16(14-18)20(26)23-17-7-3-1-2-4-8-17/h5-6,9,11,13-15,17H,1-4,7-8,10,12H2,(H,22,25)(H,23,26). The molecule has 2 aromatic rings. The Kier molecular flexibility index (Phi) is 6.41. The Morgan fingerprint density at radius 3 is 2.69 bits per heavy atom. The van der Waals surface area contributed by atoms with Crippen LogP contribution < -0.4 is 10.6 Å². The van der Waals surface area contributed by atoms with Crippen molar-refractivity contribution in [1.82, 2.24) is 14.9 Å². The number of nitrogens with one attached hydrogen (secondary N) is 2. The molecule has 1 aliphatic rings. The van der Waals surface area contributed by atoms with Crippen molar-refractivity contribution in [2.45, 2.75) is 57.5 Å². The molecule has 0 aliphatic heterocycles. The van der Waals surface area contributed by atoms with Crippen molar-refractivity contribution >= 4 is 17.5 Å². The molecule has 1 heterocycles. The third kappa shape index (κ3) is 5.44. The second-order valence-corrected chi connectivity index (χ2v) is 6.84. The van der Waals surface area contributed by atoms with E-state index in [1.165, 1.54) is 25.7 Å². The second kappa shape index (κ2) is 9.17. The molecule has 0 unspecified atom stereocenters. The van der Waals surface area contributed by atoms with E-state index in [0.29, 0.717) is 24.2 Å². The summed E-state index contributed by atoms with van der Waals surface area (Å²) in [5.41, 5.74) is 1.23. The number of hydrogen-bond donors (Lipinski definition) is 2. The van der Waals surface area contributed by atoms with Gasteiger partial charge in [-0.05, 0) is 31.0 Å². The lowest BCUT2D eigenvalue weighted by molar-refractivity contribution is -0.116. The largest absolute Gasteiger partial charge is 0.349 e. The first-order chi connectivity index (χ1) is 12.7. The maximum atomic E-state index is 12.5. The zero-order chi connectivity index (χ0) is 18.2. The molecule has 1 aliphatic carbocycles. The molecule has 0 atom stereocenters. The average Bonchev–Trinajstić information content (AvgIpc) is 3.04. The zero-order valence-electron chi connectivity index (χ0n) is 15.0. The van der Waals surface area contributed by atoms with Crippen LogP contribution in [0, 0.1) is 0 Å². The SMILES string of the molecule is O=C(CCn1ccnc1)Nc1cccc(C(=O)NC2CCCCCC2)c1. The van der Waals surface area contributed by atoms with Gasteiger partial charge >= 0.3 is 0 Å². The molecule has 0 bridgehead atoms. The van der Waals surface area contributed by atoms with Crippen LogP contribution in [-0.2, 0) is 11.3 Å². The van der Waals surface area contributed by atoms with Crippen LogP contribution in [0.5, 0.6) is 0 Å². The van der Waals surface area contributed by atoms with E-state index in [-0.39, 0.29) is 17.9 Å². The number of aryl methyl sites for hydroxylation is 1. The number of benzene rings is 1.